The molecule has 1 amide bonds. The number of rotatable bonds is 5. The van der Waals surface area contributed by atoms with Gasteiger partial charge in [-0.3, -0.25) is 19.8 Å². The van der Waals surface area contributed by atoms with Crippen LogP contribution in [0.25, 0.3) is 0 Å². The third-order valence-electron chi connectivity index (χ3n) is 4.78. The second kappa shape index (κ2) is 8.37. The van der Waals surface area contributed by atoms with Crippen LogP contribution in [0.3, 0.4) is 0 Å². The fourth-order valence-corrected chi connectivity index (χ4v) is 3.22. The second-order valence-corrected chi connectivity index (χ2v) is 6.91. The normalized spacial score (nSPS) is 16.0. The van der Waals surface area contributed by atoms with Gasteiger partial charge in [0, 0.05) is 54.7 Å². The van der Waals surface area contributed by atoms with E-state index in [1.807, 2.05) is 6.92 Å². The number of non-ortho nitro benzene ring substituents is 1. The molecule has 0 radical (unpaired) electrons. The molecule has 1 saturated heterocycles. The number of piperazine rings is 1. The molecule has 0 saturated carbocycles. The van der Waals surface area contributed by atoms with Crippen LogP contribution in [0.4, 0.5) is 17.1 Å². The summed E-state index contributed by atoms with van der Waals surface area (Å²) in [5, 5.41) is 14.3. The summed E-state index contributed by atoms with van der Waals surface area (Å²) in [5.41, 5.74) is 1.77. The highest BCUT2D eigenvalue weighted by atomic mass is 35.5. The maximum atomic E-state index is 12.5. The molecule has 0 spiro atoms. The molecule has 1 aliphatic heterocycles. The standard InChI is InChI=1S/C19H21ClN4O3/c1-14(19(25)21-16-4-2-15(20)3-5-16)22-10-12-23(13-11-22)17-6-8-18(9-7-17)24(26)27/h2-9,14H,10-13H2,1H3,(H,21,25). The number of carbonyl (C=O) groups excluding carboxylic acids is 1. The minimum absolute atomic E-state index is 0.0545. The topological polar surface area (TPSA) is 78.7 Å². The molecule has 7 nitrogen and oxygen atoms in total. The Labute approximate surface area is 162 Å². The summed E-state index contributed by atoms with van der Waals surface area (Å²) >= 11 is 5.86. The summed E-state index contributed by atoms with van der Waals surface area (Å²) in [5.74, 6) is -0.0545. The van der Waals surface area contributed by atoms with Crippen LogP contribution in [0.15, 0.2) is 48.5 Å². The number of nitrogens with one attached hydrogen (secondary N) is 1. The van der Waals surface area contributed by atoms with Crippen LogP contribution in [0, 0.1) is 10.1 Å². The number of halogens is 1. The molecule has 1 aliphatic rings. The van der Waals surface area contributed by atoms with Gasteiger partial charge in [0.05, 0.1) is 11.0 Å². The largest absolute Gasteiger partial charge is 0.369 e. The van der Waals surface area contributed by atoms with E-state index in [1.165, 1.54) is 12.1 Å². The maximum Gasteiger partial charge on any atom is 0.269 e. The zero-order chi connectivity index (χ0) is 19.4. The Hall–Kier alpha value is -2.64. The fourth-order valence-electron chi connectivity index (χ4n) is 3.10. The van der Waals surface area contributed by atoms with Gasteiger partial charge in [-0.25, -0.2) is 0 Å². The van der Waals surface area contributed by atoms with E-state index in [4.69, 9.17) is 11.6 Å². The van der Waals surface area contributed by atoms with Gasteiger partial charge >= 0.3 is 0 Å². The molecular weight excluding hydrogens is 368 g/mol. The Kier molecular flexibility index (Phi) is 5.93. The molecule has 1 N–H and O–H groups in total. The van der Waals surface area contributed by atoms with E-state index in [0.29, 0.717) is 5.02 Å². The summed E-state index contributed by atoms with van der Waals surface area (Å²) in [6, 6.07) is 13.4. The van der Waals surface area contributed by atoms with Gasteiger partial charge in [-0.1, -0.05) is 11.6 Å². The second-order valence-electron chi connectivity index (χ2n) is 6.47. The summed E-state index contributed by atoms with van der Waals surface area (Å²) in [6.07, 6.45) is 0. The van der Waals surface area contributed by atoms with Gasteiger partial charge in [0.15, 0.2) is 0 Å². The predicted molar refractivity (Wildman–Crippen MR) is 106 cm³/mol. The van der Waals surface area contributed by atoms with Crippen molar-refractivity contribution in [2.75, 3.05) is 36.4 Å². The van der Waals surface area contributed by atoms with Gasteiger partial charge in [-0.15, -0.1) is 0 Å². The number of carbonyl (C=O) groups is 1. The van der Waals surface area contributed by atoms with Crippen molar-refractivity contribution < 1.29 is 9.72 Å². The van der Waals surface area contributed by atoms with Crippen LogP contribution in [0.5, 0.6) is 0 Å². The molecule has 8 heteroatoms. The lowest BCUT2D eigenvalue weighted by Crippen LogP contribution is -2.52. The van der Waals surface area contributed by atoms with Crippen molar-refractivity contribution in [3.05, 3.63) is 63.7 Å². The van der Waals surface area contributed by atoms with Crippen LogP contribution < -0.4 is 10.2 Å². The summed E-state index contributed by atoms with van der Waals surface area (Å²) < 4.78 is 0. The summed E-state index contributed by atoms with van der Waals surface area (Å²) in [4.78, 5) is 27.1. The summed E-state index contributed by atoms with van der Waals surface area (Å²) in [7, 11) is 0. The van der Waals surface area contributed by atoms with Crippen molar-refractivity contribution in [1.82, 2.24) is 4.90 Å². The predicted octanol–water partition coefficient (Wildman–Crippen LogP) is 3.40. The smallest absolute Gasteiger partial charge is 0.269 e. The quantitative estimate of drug-likeness (QED) is 0.627. The molecule has 1 fully saturated rings. The van der Waals surface area contributed by atoms with E-state index < -0.39 is 4.92 Å². The van der Waals surface area contributed by atoms with Gasteiger partial charge in [0.1, 0.15) is 0 Å². The monoisotopic (exact) mass is 388 g/mol. The lowest BCUT2D eigenvalue weighted by atomic mass is 10.2. The van der Waals surface area contributed by atoms with Crippen molar-refractivity contribution in [1.29, 1.82) is 0 Å². The molecule has 142 valence electrons. The number of nitrogens with zero attached hydrogens (tertiary/aromatic N) is 3. The van der Waals surface area contributed by atoms with Crippen LogP contribution in [0.2, 0.25) is 5.02 Å². The lowest BCUT2D eigenvalue weighted by molar-refractivity contribution is -0.384. The zero-order valence-corrected chi connectivity index (χ0v) is 15.7. The maximum absolute atomic E-state index is 12.5. The first kappa shape index (κ1) is 19.1. The highest BCUT2D eigenvalue weighted by molar-refractivity contribution is 6.30. The van der Waals surface area contributed by atoms with Crippen LogP contribution >= 0.6 is 11.6 Å². The van der Waals surface area contributed by atoms with Crippen molar-refractivity contribution in [2.24, 2.45) is 0 Å². The van der Waals surface area contributed by atoms with Gasteiger partial charge in [-0.05, 0) is 43.3 Å². The zero-order valence-electron chi connectivity index (χ0n) is 15.0. The third-order valence-corrected chi connectivity index (χ3v) is 5.03. The van der Waals surface area contributed by atoms with Crippen molar-refractivity contribution in [3.8, 4) is 0 Å². The highest BCUT2D eigenvalue weighted by Gasteiger charge is 2.26. The fraction of sp³-hybridized carbons (Fsp3) is 0.316. The first-order valence-electron chi connectivity index (χ1n) is 8.74. The Morgan fingerprint density at radius 2 is 1.67 bits per heavy atom. The minimum Gasteiger partial charge on any atom is -0.369 e. The number of anilines is 2. The van der Waals surface area contributed by atoms with Gasteiger partial charge < -0.3 is 10.2 Å². The number of nitro groups is 1. The van der Waals surface area contributed by atoms with Crippen LogP contribution in [0.1, 0.15) is 6.92 Å². The molecule has 1 atom stereocenters. The van der Waals surface area contributed by atoms with E-state index in [2.05, 4.69) is 15.1 Å². The number of benzene rings is 2. The Morgan fingerprint density at radius 3 is 2.22 bits per heavy atom. The molecule has 1 heterocycles. The van der Waals surface area contributed by atoms with E-state index in [0.717, 1.165) is 37.6 Å². The van der Waals surface area contributed by atoms with E-state index in [1.54, 1.807) is 36.4 Å². The molecule has 2 aromatic carbocycles. The average Bonchev–Trinajstić information content (AvgIpc) is 2.69. The number of amides is 1. The molecule has 1 unspecified atom stereocenters. The molecule has 2 aromatic rings. The SMILES string of the molecule is CC(C(=O)Nc1ccc(Cl)cc1)N1CCN(c2ccc([N+](=O)[O-])cc2)CC1. The summed E-state index contributed by atoms with van der Waals surface area (Å²) in [6.45, 7) is 4.90. The number of hydrogen-bond acceptors (Lipinski definition) is 5. The number of nitro benzene ring substituents is 1. The van der Waals surface area contributed by atoms with Gasteiger partial charge in [-0.2, -0.15) is 0 Å². The molecule has 0 aliphatic carbocycles. The molecule has 0 bridgehead atoms. The third kappa shape index (κ3) is 4.75. The van der Waals surface area contributed by atoms with Gasteiger partial charge in [0.2, 0.25) is 5.91 Å². The molecule has 3 rings (SSSR count). The minimum atomic E-state index is -0.400. The van der Waals surface area contributed by atoms with Gasteiger partial charge in [0.25, 0.3) is 5.69 Å². The van der Waals surface area contributed by atoms with E-state index in [9.17, 15) is 14.9 Å². The first-order valence-corrected chi connectivity index (χ1v) is 9.12. The molecule has 0 aromatic heterocycles. The molecular formula is C19H21ClN4O3. The van der Waals surface area contributed by atoms with Crippen LogP contribution in [-0.4, -0.2) is 48.0 Å². The van der Waals surface area contributed by atoms with E-state index in [-0.39, 0.29) is 17.6 Å². The molecule has 27 heavy (non-hydrogen) atoms. The Morgan fingerprint density at radius 1 is 1.07 bits per heavy atom. The van der Waals surface area contributed by atoms with Crippen molar-refractivity contribution in [3.63, 3.8) is 0 Å². The Bertz CT molecular complexity index is 803. The van der Waals surface area contributed by atoms with E-state index >= 15 is 0 Å². The van der Waals surface area contributed by atoms with Crippen LogP contribution in [-0.2, 0) is 4.79 Å². The number of hydrogen-bond donors (Lipinski definition) is 1. The first-order chi connectivity index (χ1) is 12.9. The average molecular weight is 389 g/mol. The van der Waals surface area contributed by atoms with Crippen molar-refractivity contribution in [2.45, 2.75) is 13.0 Å². The van der Waals surface area contributed by atoms with Crippen molar-refractivity contribution >= 4 is 34.6 Å². The highest BCUT2D eigenvalue weighted by Crippen LogP contribution is 2.21. The lowest BCUT2D eigenvalue weighted by Gasteiger charge is -2.38. The Balaban J connectivity index is 1.53.